The molecule has 0 aromatic carbocycles. The van der Waals surface area contributed by atoms with Crippen molar-refractivity contribution >= 4 is 50.4 Å². The molecule has 4 nitrogen and oxygen atoms in total. The summed E-state index contributed by atoms with van der Waals surface area (Å²) in [7, 11) is 0. The first-order valence-corrected chi connectivity index (χ1v) is 9.32. The Hall–Kier alpha value is -1.18. The molecular weight excluding hydrogens is 384 g/mol. The summed E-state index contributed by atoms with van der Waals surface area (Å²) in [5.41, 5.74) is 0. The Balaban J connectivity index is 1.88. The van der Waals surface area contributed by atoms with Gasteiger partial charge in [-0.3, -0.25) is 9.59 Å². The molecule has 0 aliphatic carbocycles. The predicted molar refractivity (Wildman–Crippen MR) is 94.4 cm³/mol. The van der Waals surface area contributed by atoms with E-state index in [9.17, 15) is 9.59 Å². The highest BCUT2D eigenvalue weighted by Gasteiger charge is 2.19. The summed E-state index contributed by atoms with van der Waals surface area (Å²) in [6, 6.07) is 7.49. The molecule has 22 heavy (non-hydrogen) atoms. The molecule has 0 radical (unpaired) electrons. The summed E-state index contributed by atoms with van der Waals surface area (Å²) in [6.07, 6.45) is 0. The first kappa shape index (κ1) is 17.2. The zero-order chi connectivity index (χ0) is 16.1. The minimum atomic E-state index is -0.233. The van der Waals surface area contributed by atoms with E-state index >= 15 is 0 Å². The second-order valence-electron chi connectivity index (χ2n) is 5.09. The van der Waals surface area contributed by atoms with Crippen LogP contribution in [0.1, 0.15) is 34.4 Å². The van der Waals surface area contributed by atoms with Gasteiger partial charge in [0.1, 0.15) is 0 Å². The lowest BCUT2D eigenvalue weighted by atomic mass is 10.0. The molecule has 2 amide bonds. The van der Waals surface area contributed by atoms with Gasteiger partial charge in [-0.15, -0.1) is 22.7 Å². The zero-order valence-corrected chi connectivity index (χ0v) is 15.5. The van der Waals surface area contributed by atoms with Crippen LogP contribution < -0.4 is 10.6 Å². The van der Waals surface area contributed by atoms with Crippen LogP contribution in [-0.2, 0) is 4.79 Å². The van der Waals surface area contributed by atoms with Crippen LogP contribution in [0, 0.1) is 5.92 Å². The van der Waals surface area contributed by atoms with Crippen LogP contribution in [0.4, 0.5) is 0 Å². The molecule has 0 saturated carbocycles. The summed E-state index contributed by atoms with van der Waals surface area (Å²) in [5.74, 6) is -0.134. The largest absolute Gasteiger partial charge is 0.347 e. The fraction of sp³-hybridized carbons (Fsp3) is 0.333. The molecule has 0 spiro atoms. The van der Waals surface area contributed by atoms with Crippen LogP contribution in [0.5, 0.6) is 0 Å². The number of hydrogen-bond acceptors (Lipinski definition) is 4. The number of nitrogens with one attached hydrogen (secondary N) is 2. The monoisotopic (exact) mass is 400 g/mol. The molecule has 0 bridgehead atoms. The van der Waals surface area contributed by atoms with Crippen molar-refractivity contribution < 1.29 is 9.59 Å². The third kappa shape index (κ3) is 4.66. The summed E-state index contributed by atoms with van der Waals surface area (Å²) >= 11 is 6.27. The maximum absolute atomic E-state index is 12.1. The van der Waals surface area contributed by atoms with Crippen LogP contribution in [0.25, 0.3) is 0 Å². The highest BCUT2D eigenvalue weighted by molar-refractivity contribution is 9.11. The van der Waals surface area contributed by atoms with E-state index < -0.39 is 0 Å². The molecule has 0 aliphatic rings. The van der Waals surface area contributed by atoms with Crippen molar-refractivity contribution in [3.63, 3.8) is 0 Å². The lowest BCUT2D eigenvalue weighted by Gasteiger charge is -2.21. The van der Waals surface area contributed by atoms with Crippen LogP contribution in [0.3, 0.4) is 0 Å². The van der Waals surface area contributed by atoms with E-state index in [0.717, 1.165) is 8.66 Å². The molecule has 2 rings (SSSR count). The average molecular weight is 401 g/mol. The van der Waals surface area contributed by atoms with E-state index in [1.807, 2.05) is 23.6 Å². The molecule has 118 valence electrons. The lowest BCUT2D eigenvalue weighted by molar-refractivity contribution is -0.121. The Morgan fingerprint density at radius 3 is 2.59 bits per heavy atom. The molecule has 0 aliphatic heterocycles. The summed E-state index contributed by atoms with van der Waals surface area (Å²) < 4.78 is 0.889. The Morgan fingerprint density at radius 2 is 2.05 bits per heavy atom. The average Bonchev–Trinajstić information content (AvgIpc) is 3.13. The highest BCUT2D eigenvalue weighted by atomic mass is 79.9. The Bertz CT molecular complexity index is 638. The van der Waals surface area contributed by atoms with Gasteiger partial charge < -0.3 is 10.6 Å². The van der Waals surface area contributed by atoms with E-state index in [-0.39, 0.29) is 30.3 Å². The SMILES string of the molecule is CC(C)C(NC(=O)CNC(=O)c1ccc(Br)s1)c1cccs1. The molecule has 2 N–H and O–H groups in total. The lowest BCUT2D eigenvalue weighted by Crippen LogP contribution is -2.39. The van der Waals surface area contributed by atoms with Crippen molar-refractivity contribution in [1.29, 1.82) is 0 Å². The van der Waals surface area contributed by atoms with Gasteiger partial charge >= 0.3 is 0 Å². The van der Waals surface area contributed by atoms with E-state index in [4.69, 9.17) is 0 Å². The first-order chi connectivity index (χ1) is 10.5. The van der Waals surface area contributed by atoms with Gasteiger partial charge in [0.15, 0.2) is 0 Å². The van der Waals surface area contributed by atoms with Crippen LogP contribution in [-0.4, -0.2) is 18.4 Å². The molecular formula is C15H17BrN2O2S2. The maximum Gasteiger partial charge on any atom is 0.261 e. The van der Waals surface area contributed by atoms with Gasteiger partial charge in [-0.2, -0.15) is 0 Å². The summed E-state index contributed by atoms with van der Waals surface area (Å²) in [5, 5.41) is 7.62. The fourth-order valence-electron chi connectivity index (χ4n) is 1.94. The molecule has 2 aromatic rings. The zero-order valence-electron chi connectivity index (χ0n) is 12.3. The number of amides is 2. The third-order valence-corrected chi connectivity index (χ3v) is 5.62. The van der Waals surface area contributed by atoms with Crippen LogP contribution in [0.15, 0.2) is 33.4 Å². The van der Waals surface area contributed by atoms with Crippen molar-refractivity contribution in [1.82, 2.24) is 10.6 Å². The van der Waals surface area contributed by atoms with E-state index in [1.54, 1.807) is 17.4 Å². The normalized spacial score (nSPS) is 12.2. The van der Waals surface area contributed by atoms with Gasteiger partial charge in [0.2, 0.25) is 5.91 Å². The third-order valence-electron chi connectivity index (χ3n) is 3.04. The minimum Gasteiger partial charge on any atom is -0.347 e. The van der Waals surface area contributed by atoms with Gasteiger partial charge in [0, 0.05) is 4.88 Å². The molecule has 7 heteroatoms. The fourth-order valence-corrected chi connectivity index (χ4v) is 4.19. The second kappa shape index (κ2) is 7.89. The standard InChI is InChI=1S/C15H17BrN2O2S2/c1-9(2)14(10-4-3-7-21-10)18-13(19)8-17-15(20)11-5-6-12(16)22-11/h3-7,9,14H,8H2,1-2H3,(H,17,20)(H,18,19). The van der Waals surface area contributed by atoms with Gasteiger partial charge in [-0.25, -0.2) is 0 Å². The number of halogens is 1. The Kier molecular flexibility index (Phi) is 6.16. The highest BCUT2D eigenvalue weighted by Crippen LogP contribution is 2.25. The number of carbonyl (C=O) groups is 2. The Labute approximate surface area is 146 Å². The van der Waals surface area contributed by atoms with Crippen molar-refractivity contribution in [2.24, 2.45) is 5.92 Å². The predicted octanol–water partition coefficient (Wildman–Crippen LogP) is 3.82. The van der Waals surface area contributed by atoms with Gasteiger partial charge in [-0.1, -0.05) is 19.9 Å². The van der Waals surface area contributed by atoms with Crippen molar-refractivity contribution in [3.05, 3.63) is 43.2 Å². The molecule has 1 unspecified atom stereocenters. The molecule has 0 fully saturated rings. The molecule has 1 atom stereocenters. The van der Waals surface area contributed by atoms with E-state index in [2.05, 4.69) is 40.4 Å². The second-order valence-corrected chi connectivity index (χ2v) is 8.53. The minimum absolute atomic E-state index is 0.0249. The molecule has 2 heterocycles. The Morgan fingerprint density at radius 1 is 1.27 bits per heavy atom. The number of rotatable bonds is 6. The number of thiophene rings is 2. The van der Waals surface area contributed by atoms with E-state index in [1.165, 1.54) is 11.3 Å². The van der Waals surface area contributed by atoms with Crippen LogP contribution in [0.2, 0.25) is 0 Å². The summed E-state index contributed by atoms with van der Waals surface area (Å²) in [4.78, 5) is 25.7. The summed E-state index contributed by atoms with van der Waals surface area (Å²) in [6.45, 7) is 4.10. The molecule has 0 saturated heterocycles. The topological polar surface area (TPSA) is 58.2 Å². The van der Waals surface area contributed by atoms with Gasteiger partial charge in [-0.05, 0) is 45.4 Å². The quantitative estimate of drug-likeness (QED) is 0.773. The smallest absolute Gasteiger partial charge is 0.261 e. The van der Waals surface area contributed by atoms with Gasteiger partial charge in [0.05, 0.1) is 21.3 Å². The van der Waals surface area contributed by atoms with Crippen molar-refractivity contribution in [2.75, 3.05) is 6.54 Å². The van der Waals surface area contributed by atoms with Gasteiger partial charge in [0.25, 0.3) is 5.91 Å². The maximum atomic E-state index is 12.1. The number of carbonyl (C=O) groups excluding carboxylic acids is 2. The number of hydrogen-bond donors (Lipinski definition) is 2. The van der Waals surface area contributed by atoms with Crippen molar-refractivity contribution in [3.8, 4) is 0 Å². The van der Waals surface area contributed by atoms with E-state index in [0.29, 0.717) is 4.88 Å². The molecule has 2 aromatic heterocycles. The first-order valence-electron chi connectivity index (χ1n) is 6.83. The van der Waals surface area contributed by atoms with Crippen LogP contribution >= 0.6 is 38.6 Å². The van der Waals surface area contributed by atoms with Crippen molar-refractivity contribution in [2.45, 2.75) is 19.9 Å².